The van der Waals surface area contributed by atoms with E-state index in [1.807, 2.05) is 0 Å². The molecule has 1 aromatic carbocycles. The fraction of sp³-hybridized carbons (Fsp3) is 0.231. The van der Waals surface area contributed by atoms with Crippen LogP contribution in [0, 0.1) is 13.8 Å². The molecule has 8 heteroatoms. The number of aromatic nitrogens is 1. The first-order valence-corrected chi connectivity index (χ1v) is 7.55. The van der Waals surface area contributed by atoms with Crippen LogP contribution in [0.15, 0.2) is 33.7 Å². The van der Waals surface area contributed by atoms with Gasteiger partial charge in [0.25, 0.3) is 0 Å². The number of hydrogen-bond donors (Lipinski definition) is 1. The van der Waals surface area contributed by atoms with Gasteiger partial charge in [-0.15, -0.1) is 0 Å². The smallest absolute Gasteiger partial charge is 0.338 e. The Hall–Kier alpha value is -2.19. The van der Waals surface area contributed by atoms with Crippen LogP contribution in [0.3, 0.4) is 0 Å². The molecule has 112 valence electrons. The van der Waals surface area contributed by atoms with Crippen molar-refractivity contribution >= 4 is 16.0 Å². The lowest BCUT2D eigenvalue weighted by atomic mass is 10.1. The monoisotopic (exact) mass is 310 g/mol. The van der Waals surface area contributed by atoms with Crippen LogP contribution in [0.4, 0.5) is 0 Å². The van der Waals surface area contributed by atoms with Gasteiger partial charge in [-0.05, 0) is 31.5 Å². The fourth-order valence-electron chi connectivity index (χ4n) is 1.70. The number of sulfonamides is 1. The molecule has 0 bridgehead atoms. The molecule has 1 heterocycles. The summed E-state index contributed by atoms with van der Waals surface area (Å²) in [4.78, 5) is 11.9. The molecule has 0 unspecified atom stereocenters. The number of benzene rings is 1. The van der Waals surface area contributed by atoms with Crippen LogP contribution in [0.25, 0.3) is 0 Å². The van der Waals surface area contributed by atoms with Crippen molar-refractivity contribution in [2.75, 3.05) is 0 Å². The molecular weight excluding hydrogens is 296 g/mol. The summed E-state index contributed by atoms with van der Waals surface area (Å²) >= 11 is 0. The standard InChI is InChI=1S/C13H14N2O5S/c1-8-3-4-11(21(14,17)18)6-12(8)13(16)19-7-10-5-9(2)15-20-10/h3-6H,7H2,1-2H3,(H2,14,17,18). The summed E-state index contributed by atoms with van der Waals surface area (Å²) in [7, 11) is -3.88. The molecule has 0 aliphatic heterocycles. The molecule has 0 atom stereocenters. The van der Waals surface area contributed by atoms with Gasteiger partial charge in [-0.25, -0.2) is 18.4 Å². The predicted octanol–water partition coefficient (Wildman–Crippen LogP) is 1.30. The molecular formula is C13H14N2O5S. The van der Waals surface area contributed by atoms with Gasteiger partial charge in [0.15, 0.2) is 12.4 Å². The maximum Gasteiger partial charge on any atom is 0.338 e. The molecule has 0 saturated carbocycles. The van der Waals surface area contributed by atoms with E-state index < -0.39 is 16.0 Å². The van der Waals surface area contributed by atoms with Crippen molar-refractivity contribution in [3.8, 4) is 0 Å². The molecule has 2 rings (SSSR count). The predicted molar refractivity (Wildman–Crippen MR) is 72.9 cm³/mol. The second-order valence-corrected chi connectivity index (χ2v) is 6.09. The quantitative estimate of drug-likeness (QED) is 0.852. The van der Waals surface area contributed by atoms with Gasteiger partial charge in [-0.2, -0.15) is 0 Å². The molecule has 2 aromatic rings. The average molecular weight is 310 g/mol. The number of primary sulfonamides is 1. The summed E-state index contributed by atoms with van der Waals surface area (Å²) in [6, 6.07) is 5.66. The average Bonchev–Trinajstić information content (AvgIpc) is 2.81. The Bertz CT molecular complexity index is 780. The first kappa shape index (κ1) is 15.2. The summed E-state index contributed by atoms with van der Waals surface area (Å²) in [6.07, 6.45) is 0. The molecule has 0 aliphatic rings. The third-order valence-electron chi connectivity index (χ3n) is 2.78. The van der Waals surface area contributed by atoms with Gasteiger partial charge in [-0.1, -0.05) is 11.2 Å². The minimum atomic E-state index is -3.88. The highest BCUT2D eigenvalue weighted by Crippen LogP contribution is 2.16. The Labute approximate surface area is 121 Å². The van der Waals surface area contributed by atoms with E-state index in [1.54, 1.807) is 19.9 Å². The molecule has 0 radical (unpaired) electrons. The van der Waals surface area contributed by atoms with Crippen LogP contribution < -0.4 is 5.14 Å². The molecule has 0 fully saturated rings. The molecule has 2 N–H and O–H groups in total. The van der Waals surface area contributed by atoms with Crippen molar-refractivity contribution in [3.05, 3.63) is 46.8 Å². The Morgan fingerprint density at radius 3 is 2.62 bits per heavy atom. The van der Waals surface area contributed by atoms with Crippen LogP contribution in [-0.4, -0.2) is 19.5 Å². The number of ether oxygens (including phenoxy) is 1. The van der Waals surface area contributed by atoms with Gasteiger partial charge < -0.3 is 9.26 Å². The lowest BCUT2D eigenvalue weighted by molar-refractivity contribution is 0.0436. The number of hydrogen-bond acceptors (Lipinski definition) is 6. The largest absolute Gasteiger partial charge is 0.454 e. The van der Waals surface area contributed by atoms with Crippen molar-refractivity contribution in [3.63, 3.8) is 0 Å². The normalized spacial score (nSPS) is 11.4. The molecule has 0 amide bonds. The zero-order valence-electron chi connectivity index (χ0n) is 11.5. The van der Waals surface area contributed by atoms with Gasteiger partial charge in [-0.3, -0.25) is 0 Å². The molecule has 0 spiro atoms. The van der Waals surface area contributed by atoms with Crippen LogP contribution in [0.1, 0.15) is 27.4 Å². The molecule has 21 heavy (non-hydrogen) atoms. The third kappa shape index (κ3) is 3.67. The van der Waals surface area contributed by atoms with Crippen molar-refractivity contribution in [1.82, 2.24) is 5.16 Å². The van der Waals surface area contributed by atoms with Gasteiger partial charge in [0.05, 0.1) is 16.2 Å². The fourth-order valence-corrected chi connectivity index (χ4v) is 2.24. The van der Waals surface area contributed by atoms with E-state index in [0.717, 1.165) is 0 Å². The molecule has 0 saturated heterocycles. The molecule has 7 nitrogen and oxygen atoms in total. The third-order valence-corrected chi connectivity index (χ3v) is 3.69. The Balaban J connectivity index is 2.18. The van der Waals surface area contributed by atoms with E-state index in [0.29, 0.717) is 17.0 Å². The number of rotatable bonds is 4. The summed E-state index contributed by atoms with van der Waals surface area (Å²) in [6.45, 7) is 3.33. The topological polar surface area (TPSA) is 112 Å². The number of nitrogens with zero attached hydrogens (tertiary/aromatic N) is 1. The SMILES string of the molecule is Cc1cc(COC(=O)c2cc(S(N)(=O)=O)ccc2C)on1. The van der Waals surface area contributed by atoms with Crippen LogP contribution in [-0.2, 0) is 21.4 Å². The summed E-state index contributed by atoms with van der Waals surface area (Å²) in [5.41, 5.74) is 1.40. The number of esters is 1. The van der Waals surface area contributed by atoms with Crippen molar-refractivity contribution in [2.24, 2.45) is 5.14 Å². The number of carbonyl (C=O) groups excluding carboxylic acids is 1. The maximum atomic E-state index is 12.0. The van der Waals surface area contributed by atoms with Gasteiger partial charge in [0, 0.05) is 6.07 Å². The van der Waals surface area contributed by atoms with Crippen LogP contribution >= 0.6 is 0 Å². The minimum Gasteiger partial charge on any atom is -0.454 e. The van der Waals surface area contributed by atoms with E-state index in [1.165, 1.54) is 18.2 Å². The van der Waals surface area contributed by atoms with Crippen LogP contribution in [0.5, 0.6) is 0 Å². The first-order chi connectivity index (χ1) is 9.77. The Morgan fingerprint density at radius 1 is 1.33 bits per heavy atom. The van der Waals surface area contributed by atoms with E-state index in [4.69, 9.17) is 14.4 Å². The molecule has 1 aromatic heterocycles. The summed E-state index contributed by atoms with van der Waals surface area (Å²) in [5.74, 6) is -0.256. The van der Waals surface area contributed by atoms with E-state index in [9.17, 15) is 13.2 Å². The first-order valence-electron chi connectivity index (χ1n) is 6.00. The van der Waals surface area contributed by atoms with Crippen molar-refractivity contribution in [1.29, 1.82) is 0 Å². The number of carbonyl (C=O) groups is 1. The van der Waals surface area contributed by atoms with E-state index in [2.05, 4.69) is 5.16 Å². The summed E-state index contributed by atoms with van der Waals surface area (Å²) in [5, 5.41) is 8.71. The summed E-state index contributed by atoms with van der Waals surface area (Å²) < 4.78 is 32.6. The maximum absolute atomic E-state index is 12.0. The van der Waals surface area contributed by atoms with Gasteiger partial charge >= 0.3 is 5.97 Å². The minimum absolute atomic E-state index is 0.0846. The van der Waals surface area contributed by atoms with Gasteiger partial charge in [0.2, 0.25) is 10.0 Å². The Morgan fingerprint density at radius 2 is 2.05 bits per heavy atom. The van der Waals surface area contributed by atoms with E-state index >= 15 is 0 Å². The highest BCUT2D eigenvalue weighted by atomic mass is 32.2. The Kier molecular flexibility index (Phi) is 4.10. The second-order valence-electron chi connectivity index (χ2n) is 4.53. The lowest BCUT2D eigenvalue weighted by Gasteiger charge is -2.07. The zero-order valence-corrected chi connectivity index (χ0v) is 12.3. The van der Waals surface area contributed by atoms with E-state index in [-0.39, 0.29) is 17.1 Å². The van der Waals surface area contributed by atoms with Crippen molar-refractivity contribution < 1.29 is 22.5 Å². The number of aryl methyl sites for hydroxylation is 2. The highest BCUT2D eigenvalue weighted by Gasteiger charge is 2.16. The van der Waals surface area contributed by atoms with Crippen molar-refractivity contribution in [2.45, 2.75) is 25.3 Å². The van der Waals surface area contributed by atoms with Gasteiger partial charge in [0.1, 0.15) is 0 Å². The number of nitrogens with two attached hydrogens (primary N) is 1. The second kappa shape index (κ2) is 5.66. The lowest BCUT2D eigenvalue weighted by Crippen LogP contribution is -2.14. The molecule has 0 aliphatic carbocycles. The van der Waals surface area contributed by atoms with Crippen LogP contribution in [0.2, 0.25) is 0 Å². The highest BCUT2D eigenvalue weighted by molar-refractivity contribution is 7.89. The zero-order chi connectivity index (χ0) is 15.6.